The Morgan fingerprint density at radius 2 is 2.10 bits per heavy atom. The van der Waals surface area contributed by atoms with Gasteiger partial charge in [0.2, 0.25) is 0 Å². The fourth-order valence-corrected chi connectivity index (χ4v) is 2.25. The van der Waals surface area contributed by atoms with Crippen molar-refractivity contribution < 1.29 is 14.5 Å². The van der Waals surface area contributed by atoms with Crippen LogP contribution in [0.15, 0.2) is 30.6 Å². The first-order valence-corrected chi connectivity index (χ1v) is 6.10. The third-order valence-corrected chi connectivity index (χ3v) is 3.39. The molecular formula is C13H10N4O4. The fourth-order valence-electron chi connectivity index (χ4n) is 2.25. The second-order valence-corrected chi connectivity index (χ2v) is 4.63. The van der Waals surface area contributed by atoms with Crippen LogP contribution in [0.5, 0.6) is 0 Å². The van der Waals surface area contributed by atoms with Crippen LogP contribution in [-0.4, -0.2) is 26.2 Å². The molecule has 0 aliphatic carbocycles. The van der Waals surface area contributed by atoms with Crippen molar-refractivity contribution in [3.05, 3.63) is 52.1 Å². The van der Waals surface area contributed by atoms with Gasteiger partial charge in [-0.2, -0.15) is 0 Å². The molecule has 0 unspecified atom stereocenters. The average molecular weight is 286 g/mol. The molecule has 1 aliphatic rings. The van der Waals surface area contributed by atoms with E-state index in [1.165, 1.54) is 17.0 Å². The average Bonchev–Trinajstić information content (AvgIpc) is 2.96. The summed E-state index contributed by atoms with van der Waals surface area (Å²) in [6, 6.07) is 3.82. The number of aromatic nitrogens is 2. The molecule has 0 radical (unpaired) electrons. The number of aryl methyl sites for hydroxylation is 1. The van der Waals surface area contributed by atoms with Crippen LogP contribution < -0.4 is 4.90 Å². The van der Waals surface area contributed by atoms with E-state index in [0.29, 0.717) is 11.5 Å². The van der Waals surface area contributed by atoms with E-state index in [1.54, 1.807) is 24.0 Å². The van der Waals surface area contributed by atoms with Gasteiger partial charge in [-0.3, -0.25) is 24.6 Å². The molecule has 0 bridgehead atoms. The number of benzene rings is 1. The third kappa shape index (κ3) is 1.97. The summed E-state index contributed by atoms with van der Waals surface area (Å²) in [5, 5.41) is 10.8. The number of anilines is 1. The van der Waals surface area contributed by atoms with Crippen molar-refractivity contribution in [2.24, 2.45) is 7.05 Å². The van der Waals surface area contributed by atoms with Gasteiger partial charge in [-0.15, -0.1) is 0 Å². The Balaban J connectivity index is 2.02. The van der Waals surface area contributed by atoms with Crippen molar-refractivity contribution in [1.29, 1.82) is 0 Å². The number of nitrogens with zero attached hydrogens (tertiary/aromatic N) is 4. The number of nitro groups is 1. The van der Waals surface area contributed by atoms with Gasteiger partial charge in [0.25, 0.3) is 17.4 Å². The molecule has 1 aliphatic heterocycles. The van der Waals surface area contributed by atoms with Crippen LogP contribution in [0.25, 0.3) is 0 Å². The van der Waals surface area contributed by atoms with Crippen molar-refractivity contribution in [3.8, 4) is 0 Å². The first kappa shape index (κ1) is 13.0. The Morgan fingerprint density at radius 1 is 1.33 bits per heavy atom. The molecule has 1 aromatic heterocycles. The molecule has 8 heteroatoms. The normalized spacial score (nSPS) is 13.7. The highest BCUT2D eigenvalue weighted by Gasteiger charge is 2.37. The first-order valence-electron chi connectivity index (χ1n) is 6.10. The van der Waals surface area contributed by atoms with E-state index >= 15 is 0 Å². The standard InChI is InChI=1S/C13H10N4O4/c1-15-5-4-14-11(15)7-16-10-3-2-8(17(20)21)6-9(10)12(18)13(16)19/h2-6H,7H2,1H3. The van der Waals surface area contributed by atoms with E-state index in [0.717, 1.165) is 6.07 Å². The van der Waals surface area contributed by atoms with E-state index in [-0.39, 0.29) is 17.8 Å². The second kappa shape index (κ2) is 4.51. The van der Waals surface area contributed by atoms with Gasteiger partial charge in [0, 0.05) is 31.6 Å². The molecule has 3 rings (SSSR count). The topological polar surface area (TPSA) is 98.3 Å². The molecule has 21 heavy (non-hydrogen) atoms. The van der Waals surface area contributed by atoms with Gasteiger partial charge in [0.1, 0.15) is 5.82 Å². The van der Waals surface area contributed by atoms with Crippen LogP contribution >= 0.6 is 0 Å². The van der Waals surface area contributed by atoms with Crippen LogP contribution in [0.2, 0.25) is 0 Å². The number of hydrogen-bond donors (Lipinski definition) is 0. The molecular weight excluding hydrogens is 276 g/mol. The number of nitro benzene ring substituents is 1. The molecule has 106 valence electrons. The molecule has 0 saturated heterocycles. The summed E-state index contributed by atoms with van der Waals surface area (Å²) in [5.41, 5.74) is 0.218. The summed E-state index contributed by atoms with van der Waals surface area (Å²) in [6.07, 6.45) is 3.32. The summed E-state index contributed by atoms with van der Waals surface area (Å²) in [7, 11) is 1.78. The van der Waals surface area contributed by atoms with E-state index in [2.05, 4.69) is 4.98 Å². The maximum Gasteiger partial charge on any atom is 0.299 e. The molecule has 0 N–H and O–H groups in total. The number of imidazole rings is 1. The number of amides is 1. The quantitative estimate of drug-likeness (QED) is 0.477. The number of Topliss-reactive ketones (excluding diaryl/α,β-unsaturated/α-hetero) is 1. The lowest BCUT2D eigenvalue weighted by Crippen LogP contribution is -2.30. The lowest BCUT2D eigenvalue weighted by Gasteiger charge is -2.15. The molecule has 8 nitrogen and oxygen atoms in total. The molecule has 0 fully saturated rings. The summed E-state index contributed by atoms with van der Waals surface area (Å²) >= 11 is 0. The zero-order valence-corrected chi connectivity index (χ0v) is 11.0. The van der Waals surface area contributed by atoms with Crippen LogP contribution in [0.3, 0.4) is 0 Å². The molecule has 2 heterocycles. The van der Waals surface area contributed by atoms with Crippen molar-refractivity contribution in [1.82, 2.24) is 9.55 Å². The zero-order chi connectivity index (χ0) is 15.1. The number of rotatable bonds is 3. The molecule has 2 aromatic rings. The number of ketones is 1. The Morgan fingerprint density at radius 3 is 2.71 bits per heavy atom. The maximum atomic E-state index is 12.1. The lowest BCUT2D eigenvalue weighted by atomic mass is 10.1. The van der Waals surface area contributed by atoms with Crippen molar-refractivity contribution in [2.75, 3.05) is 4.90 Å². The van der Waals surface area contributed by atoms with E-state index in [4.69, 9.17) is 0 Å². The number of hydrogen-bond acceptors (Lipinski definition) is 5. The zero-order valence-electron chi connectivity index (χ0n) is 11.0. The van der Waals surface area contributed by atoms with Gasteiger partial charge >= 0.3 is 0 Å². The second-order valence-electron chi connectivity index (χ2n) is 4.63. The van der Waals surface area contributed by atoms with E-state index in [9.17, 15) is 19.7 Å². The first-order chi connectivity index (χ1) is 9.99. The Labute approximate surface area is 118 Å². The highest BCUT2D eigenvalue weighted by Crippen LogP contribution is 2.32. The van der Waals surface area contributed by atoms with E-state index < -0.39 is 16.6 Å². The third-order valence-electron chi connectivity index (χ3n) is 3.39. The molecule has 0 saturated carbocycles. The summed E-state index contributed by atoms with van der Waals surface area (Å²) in [4.78, 5) is 39.5. The minimum atomic E-state index is -0.733. The van der Waals surface area contributed by atoms with Crippen molar-refractivity contribution in [3.63, 3.8) is 0 Å². The van der Waals surface area contributed by atoms with Crippen molar-refractivity contribution in [2.45, 2.75) is 6.54 Å². The van der Waals surface area contributed by atoms with Gasteiger partial charge in [-0.25, -0.2) is 4.98 Å². The molecule has 0 spiro atoms. The van der Waals surface area contributed by atoms with Gasteiger partial charge < -0.3 is 4.57 Å². The summed E-state index contributed by atoms with van der Waals surface area (Å²) < 4.78 is 1.74. The highest BCUT2D eigenvalue weighted by molar-refractivity contribution is 6.52. The Bertz CT molecular complexity index is 780. The minimum Gasteiger partial charge on any atom is -0.337 e. The highest BCUT2D eigenvalue weighted by atomic mass is 16.6. The van der Waals surface area contributed by atoms with Gasteiger partial charge in [0.15, 0.2) is 0 Å². The number of carbonyl (C=O) groups excluding carboxylic acids is 2. The molecule has 1 amide bonds. The van der Waals surface area contributed by atoms with Gasteiger partial charge in [0.05, 0.1) is 22.7 Å². The van der Waals surface area contributed by atoms with Crippen LogP contribution in [-0.2, 0) is 18.4 Å². The number of non-ortho nitro benzene ring substituents is 1. The predicted molar refractivity (Wildman–Crippen MR) is 71.8 cm³/mol. The Hall–Kier alpha value is -3.03. The predicted octanol–water partition coefficient (Wildman–Crippen LogP) is 1.06. The van der Waals surface area contributed by atoms with Gasteiger partial charge in [-0.1, -0.05) is 0 Å². The SMILES string of the molecule is Cn1ccnc1CN1C(=O)C(=O)c2cc([N+](=O)[O-])ccc21. The van der Waals surface area contributed by atoms with Gasteiger partial charge in [-0.05, 0) is 6.07 Å². The largest absolute Gasteiger partial charge is 0.337 e. The van der Waals surface area contributed by atoms with Crippen LogP contribution in [0.1, 0.15) is 16.2 Å². The van der Waals surface area contributed by atoms with Crippen molar-refractivity contribution >= 4 is 23.1 Å². The van der Waals surface area contributed by atoms with Crippen LogP contribution in [0, 0.1) is 10.1 Å². The van der Waals surface area contributed by atoms with E-state index in [1.807, 2.05) is 0 Å². The summed E-state index contributed by atoms with van der Waals surface area (Å²) in [5.74, 6) is -0.821. The van der Waals surface area contributed by atoms with Crippen LogP contribution in [0.4, 0.5) is 11.4 Å². The minimum absolute atomic E-state index is 0.0587. The lowest BCUT2D eigenvalue weighted by molar-refractivity contribution is -0.384. The monoisotopic (exact) mass is 286 g/mol. The Kier molecular flexibility index (Phi) is 2.79. The molecule has 1 aromatic carbocycles. The maximum absolute atomic E-state index is 12.1. The summed E-state index contributed by atoms with van der Waals surface area (Å²) in [6.45, 7) is 0.138. The molecule has 0 atom stereocenters. The smallest absolute Gasteiger partial charge is 0.299 e. The number of carbonyl (C=O) groups is 2. The number of fused-ring (bicyclic) bond motifs is 1. The fraction of sp³-hybridized carbons (Fsp3) is 0.154.